The fraction of sp³-hybridized carbons (Fsp3) is 0.467. The van der Waals surface area contributed by atoms with Crippen LogP contribution in [0.1, 0.15) is 19.4 Å². The Morgan fingerprint density at radius 1 is 1.17 bits per heavy atom. The molecule has 0 saturated carbocycles. The lowest BCUT2D eigenvalue weighted by molar-refractivity contribution is 0.283. The molecule has 0 saturated heterocycles. The molecule has 0 atom stereocenters. The van der Waals surface area contributed by atoms with E-state index in [0.29, 0.717) is 0 Å². The molecule has 98 valence electrons. The molecule has 18 heavy (non-hydrogen) atoms. The summed E-state index contributed by atoms with van der Waals surface area (Å²) in [6.07, 6.45) is 2.12. The lowest BCUT2D eigenvalue weighted by Gasteiger charge is -2.18. The van der Waals surface area contributed by atoms with Crippen molar-refractivity contribution >= 4 is 10.9 Å². The SMILES string of the molecule is CCN(CC)CCn1ccc2c(CO)cccc21. The quantitative estimate of drug-likeness (QED) is 0.848. The van der Waals surface area contributed by atoms with Gasteiger partial charge in [0.05, 0.1) is 6.61 Å². The van der Waals surface area contributed by atoms with Crippen molar-refractivity contribution < 1.29 is 5.11 Å². The molecule has 3 nitrogen and oxygen atoms in total. The molecule has 2 aromatic rings. The van der Waals surface area contributed by atoms with Crippen molar-refractivity contribution in [3.63, 3.8) is 0 Å². The van der Waals surface area contributed by atoms with Crippen molar-refractivity contribution in [2.24, 2.45) is 0 Å². The van der Waals surface area contributed by atoms with Crippen LogP contribution < -0.4 is 0 Å². The predicted octanol–water partition coefficient (Wildman–Crippen LogP) is 2.48. The largest absolute Gasteiger partial charge is 0.392 e. The third-order valence-corrected chi connectivity index (χ3v) is 3.63. The third-order valence-electron chi connectivity index (χ3n) is 3.63. The van der Waals surface area contributed by atoms with Gasteiger partial charge in [0.1, 0.15) is 0 Å². The number of aliphatic hydroxyl groups excluding tert-OH is 1. The van der Waals surface area contributed by atoms with Gasteiger partial charge in [0.2, 0.25) is 0 Å². The molecule has 0 aliphatic heterocycles. The molecule has 0 bridgehead atoms. The summed E-state index contributed by atoms with van der Waals surface area (Å²) >= 11 is 0. The molecule has 2 rings (SSSR count). The standard InChI is InChI=1S/C15H22N2O/c1-3-16(4-2)10-11-17-9-8-14-13(12-18)6-5-7-15(14)17/h5-9,18H,3-4,10-12H2,1-2H3. The molecule has 3 heteroatoms. The second kappa shape index (κ2) is 6.03. The number of rotatable bonds is 6. The minimum Gasteiger partial charge on any atom is -0.392 e. The van der Waals surface area contributed by atoms with Crippen LogP contribution in [0.3, 0.4) is 0 Å². The summed E-state index contributed by atoms with van der Waals surface area (Å²) in [6.45, 7) is 8.76. The molecule has 0 aliphatic carbocycles. The summed E-state index contributed by atoms with van der Waals surface area (Å²) < 4.78 is 2.27. The number of nitrogens with zero attached hydrogens (tertiary/aromatic N) is 2. The van der Waals surface area contributed by atoms with E-state index in [4.69, 9.17) is 0 Å². The Morgan fingerprint density at radius 2 is 1.94 bits per heavy atom. The molecule has 0 unspecified atom stereocenters. The first-order valence-electron chi connectivity index (χ1n) is 6.70. The predicted molar refractivity (Wildman–Crippen MR) is 75.6 cm³/mol. The second-order valence-corrected chi connectivity index (χ2v) is 4.54. The third kappa shape index (κ3) is 2.57. The Bertz CT molecular complexity index is 500. The van der Waals surface area contributed by atoms with Gasteiger partial charge in [0.25, 0.3) is 0 Å². The zero-order chi connectivity index (χ0) is 13.0. The normalized spacial score (nSPS) is 11.6. The van der Waals surface area contributed by atoms with E-state index in [1.54, 1.807) is 0 Å². The van der Waals surface area contributed by atoms with E-state index >= 15 is 0 Å². The van der Waals surface area contributed by atoms with Gasteiger partial charge in [0, 0.05) is 30.2 Å². The second-order valence-electron chi connectivity index (χ2n) is 4.54. The first kappa shape index (κ1) is 13.1. The summed E-state index contributed by atoms with van der Waals surface area (Å²) in [5.74, 6) is 0. The van der Waals surface area contributed by atoms with E-state index in [1.165, 1.54) is 10.9 Å². The van der Waals surface area contributed by atoms with Gasteiger partial charge in [-0.05, 0) is 30.8 Å². The van der Waals surface area contributed by atoms with E-state index < -0.39 is 0 Å². The van der Waals surface area contributed by atoms with Crippen LogP contribution in [0.4, 0.5) is 0 Å². The van der Waals surface area contributed by atoms with E-state index in [2.05, 4.69) is 41.6 Å². The maximum atomic E-state index is 9.32. The van der Waals surface area contributed by atoms with Gasteiger partial charge in [-0.2, -0.15) is 0 Å². The van der Waals surface area contributed by atoms with Crippen LogP contribution >= 0.6 is 0 Å². The van der Waals surface area contributed by atoms with Gasteiger partial charge in [-0.3, -0.25) is 0 Å². The minimum absolute atomic E-state index is 0.109. The lowest BCUT2D eigenvalue weighted by Crippen LogP contribution is -2.26. The smallest absolute Gasteiger partial charge is 0.0688 e. The van der Waals surface area contributed by atoms with Crippen molar-refractivity contribution in [2.75, 3.05) is 19.6 Å². The molecule has 0 aliphatic rings. The molecule has 0 fully saturated rings. The molecular formula is C15H22N2O. The number of hydrogen-bond acceptors (Lipinski definition) is 2. The maximum Gasteiger partial charge on any atom is 0.0688 e. The molecule has 0 spiro atoms. The van der Waals surface area contributed by atoms with Crippen LogP contribution in [-0.4, -0.2) is 34.2 Å². The molecule has 1 N–H and O–H groups in total. The van der Waals surface area contributed by atoms with Crippen LogP contribution in [0, 0.1) is 0 Å². The van der Waals surface area contributed by atoms with E-state index in [-0.39, 0.29) is 6.61 Å². The average Bonchev–Trinajstić information content (AvgIpc) is 2.83. The highest BCUT2D eigenvalue weighted by atomic mass is 16.3. The Hall–Kier alpha value is -1.32. The Balaban J connectivity index is 2.19. The van der Waals surface area contributed by atoms with Gasteiger partial charge < -0.3 is 14.6 Å². The highest BCUT2D eigenvalue weighted by Gasteiger charge is 2.05. The highest BCUT2D eigenvalue weighted by Crippen LogP contribution is 2.20. The number of fused-ring (bicyclic) bond motifs is 1. The lowest BCUT2D eigenvalue weighted by atomic mass is 10.1. The van der Waals surface area contributed by atoms with Gasteiger partial charge in [-0.1, -0.05) is 26.0 Å². The van der Waals surface area contributed by atoms with Crippen molar-refractivity contribution in [1.82, 2.24) is 9.47 Å². The summed E-state index contributed by atoms with van der Waals surface area (Å²) in [7, 11) is 0. The highest BCUT2D eigenvalue weighted by molar-refractivity contribution is 5.83. The Labute approximate surface area is 109 Å². The summed E-state index contributed by atoms with van der Waals surface area (Å²) in [5.41, 5.74) is 2.22. The van der Waals surface area contributed by atoms with Crippen molar-refractivity contribution in [2.45, 2.75) is 27.0 Å². The first-order chi connectivity index (χ1) is 8.80. The zero-order valence-corrected chi connectivity index (χ0v) is 11.3. The van der Waals surface area contributed by atoms with Crippen LogP contribution in [0.15, 0.2) is 30.5 Å². The monoisotopic (exact) mass is 246 g/mol. The topological polar surface area (TPSA) is 28.4 Å². The number of benzene rings is 1. The molecule has 0 radical (unpaired) electrons. The molecule has 0 amide bonds. The van der Waals surface area contributed by atoms with E-state index in [1.807, 2.05) is 12.1 Å². The van der Waals surface area contributed by atoms with Gasteiger partial charge >= 0.3 is 0 Å². The van der Waals surface area contributed by atoms with Crippen LogP contribution in [0.25, 0.3) is 10.9 Å². The molecule has 1 heterocycles. The maximum absolute atomic E-state index is 9.32. The fourth-order valence-corrected chi connectivity index (χ4v) is 2.41. The van der Waals surface area contributed by atoms with Crippen LogP contribution in [-0.2, 0) is 13.2 Å². The number of aliphatic hydroxyl groups is 1. The van der Waals surface area contributed by atoms with Gasteiger partial charge in [0.15, 0.2) is 0 Å². The zero-order valence-electron chi connectivity index (χ0n) is 11.3. The summed E-state index contributed by atoms with van der Waals surface area (Å²) in [6, 6.07) is 8.22. The van der Waals surface area contributed by atoms with Gasteiger partial charge in [-0.25, -0.2) is 0 Å². The Kier molecular flexibility index (Phi) is 4.39. The number of hydrogen-bond donors (Lipinski definition) is 1. The molecule has 1 aromatic heterocycles. The minimum atomic E-state index is 0.109. The van der Waals surface area contributed by atoms with E-state index in [9.17, 15) is 5.11 Å². The van der Waals surface area contributed by atoms with Gasteiger partial charge in [-0.15, -0.1) is 0 Å². The summed E-state index contributed by atoms with van der Waals surface area (Å²) in [5, 5.41) is 10.5. The number of aromatic nitrogens is 1. The van der Waals surface area contributed by atoms with Crippen LogP contribution in [0.2, 0.25) is 0 Å². The van der Waals surface area contributed by atoms with E-state index in [0.717, 1.165) is 31.7 Å². The molecular weight excluding hydrogens is 224 g/mol. The Morgan fingerprint density at radius 3 is 2.61 bits per heavy atom. The number of likely N-dealkylation sites (N-methyl/N-ethyl adjacent to an activating group) is 1. The average molecular weight is 246 g/mol. The fourth-order valence-electron chi connectivity index (χ4n) is 2.41. The molecule has 1 aromatic carbocycles. The van der Waals surface area contributed by atoms with Crippen LogP contribution in [0.5, 0.6) is 0 Å². The van der Waals surface area contributed by atoms with Crippen molar-refractivity contribution in [3.05, 3.63) is 36.0 Å². The summed E-state index contributed by atoms with van der Waals surface area (Å²) in [4.78, 5) is 2.42. The van der Waals surface area contributed by atoms with Crippen molar-refractivity contribution in [3.8, 4) is 0 Å². The van der Waals surface area contributed by atoms with Crippen molar-refractivity contribution in [1.29, 1.82) is 0 Å². The first-order valence-corrected chi connectivity index (χ1v) is 6.70.